The molecule has 1 aromatic carbocycles. The first kappa shape index (κ1) is 23.8. The lowest BCUT2D eigenvalue weighted by Crippen LogP contribution is -2.37. The molecule has 1 aromatic heterocycles. The number of nitrogens with two attached hydrogens (primary N) is 2. The molecule has 1 amide bonds. The Bertz CT molecular complexity index is 996. The van der Waals surface area contributed by atoms with E-state index in [1.54, 1.807) is 6.92 Å². The molecule has 0 aliphatic carbocycles. The Hall–Kier alpha value is -3.44. The highest BCUT2D eigenvalue weighted by Crippen LogP contribution is 2.34. The molecule has 0 radical (unpaired) electrons. The predicted molar refractivity (Wildman–Crippen MR) is 104 cm³/mol. The molecule has 2 aromatic rings. The average molecular weight is 445 g/mol. The molecule has 0 unspecified atom stereocenters. The maximum Gasteiger partial charge on any atom is 0.425 e. The first-order valence-electron chi connectivity index (χ1n) is 8.89. The number of nitrogens with zero attached hydrogens (tertiary/aromatic N) is 1. The van der Waals surface area contributed by atoms with E-state index >= 15 is 0 Å². The fourth-order valence-electron chi connectivity index (χ4n) is 2.92. The number of rotatable bonds is 6. The summed E-state index contributed by atoms with van der Waals surface area (Å²) in [6.07, 6.45) is -6.98. The van der Waals surface area contributed by atoms with Crippen LogP contribution in [0.3, 0.4) is 0 Å². The normalized spacial score (nSPS) is 13.4. The van der Waals surface area contributed by atoms with Crippen molar-refractivity contribution in [3.8, 4) is 0 Å². The molecule has 168 valence electrons. The van der Waals surface area contributed by atoms with Gasteiger partial charge in [-0.25, -0.2) is 13.8 Å². The Kier molecular flexibility index (Phi) is 7.03. The molecule has 0 saturated heterocycles. The van der Waals surface area contributed by atoms with E-state index in [0.29, 0.717) is 17.3 Å². The number of anilines is 2. The Balaban J connectivity index is 2.31. The van der Waals surface area contributed by atoms with Crippen LogP contribution in [0.4, 0.5) is 33.3 Å². The summed E-state index contributed by atoms with van der Waals surface area (Å²) >= 11 is 0. The average Bonchev–Trinajstić information content (AvgIpc) is 2.62. The molecule has 2 rings (SSSR count). The van der Waals surface area contributed by atoms with Crippen molar-refractivity contribution >= 4 is 23.3 Å². The first-order valence-corrected chi connectivity index (χ1v) is 8.89. The minimum Gasteiger partial charge on any atom is -0.453 e. The summed E-state index contributed by atoms with van der Waals surface area (Å²) in [5.41, 5.74) is 10.6. The zero-order valence-electron chi connectivity index (χ0n) is 16.5. The number of alkyl halides is 3. The Morgan fingerprint density at radius 1 is 1.29 bits per heavy atom. The van der Waals surface area contributed by atoms with Gasteiger partial charge in [0.15, 0.2) is 17.7 Å². The lowest BCUT2D eigenvalue weighted by molar-refractivity contribution is -0.202. The quantitative estimate of drug-likeness (QED) is 0.305. The first-order chi connectivity index (χ1) is 14.3. The number of carbonyl (C=O) groups excluding carboxylic acids is 1. The van der Waals surface area contributed by atoms with Crippen molar-refractivity contribution in [3.05, 3.63) is 52.9 Å². The van der Waals surface area contributed by atoms with Gasteiger partial charge in [-0.3, -0.25) is 10.2 Å². The number of benzene rings is 1. The minimum absolute atomic E-state index is 0.0134. The number of nitrogens with one attached hydrogen (secondary N) is 2. The highest BCUT2D eigenvalue weighted by Gasteiger charge is 2.43. The molecule has 0 aliphatic heterocycles. The van der Waals surface area contributed by atoms with Crippen LogP contribution >= 0.6 is 0 Å². The second-order valence-corrected chi connectivity index (χ2v) is 6.90. The molecule has 6 N–H and O–H groups in total. The van der Waals surface area contributed by atoms with Crippen molar-refractivity contribution in [2.45, 2.75) is 38.5 Å². The van der Waals surface area contributed by atoms with Crippen LogP contribution in [-0.4, -0.2) is 29.2 Å². The number of hydrogen-bond donors (Lipinski definition) is 4. The van der Waals surface area contributed by atoms with E-state index in [-0.39, 0.29) is 11.4 Å². The predicted octanol–water partition coefficient (Wildman–Crippen LogP) is 3.84. The van der Waals surface area contributed by atoms with Crippen molar-refractivity contribution < 1.29 is 31.5 Å². The van der Waals surface area contributed by atoms with Crippen molar-refractivity contribution in [3.63, 3.8) is 0 Å². The maximum atomic E-state index is 14.3. The molecule has 1 heterocycles. The minimum atomic E-state index is -4.89. The molecule has 12 heteroatoms. The summed E-state index contributed by atoms with van der Waals surface area (Å²) in [6.45, 7) is 2.79. The van der Waals surface area contributed by atoms with Gasteiger partial charge in [0.05, 0.1) is 11.9 Å². The van der Waals surface area contributed by atoms with Gasteiger partial charge in [0.1, 0.15) is 5.69 Å². The van der Waals surface area contributed by atoms with Crippen LogP contribution in [0.2, 0.25) is 0 Å². The number of pyridine rings is 1. The molecule has 0 saturated carbocycles. The molecule has 0 aliphatic rings. The molecular formula is C19H20F5N5O2. The molecule has 0 spiro atoms. The van der Waals surface area contributed by atoms with Crippen LogP contribution in [0.5, 0.6) is 0 Å². The van der Waals surface area contributed by atoms with Crippen molar-refractivity contribution in [1.29, 1.82) is 5.41 Å². The fourth-order valence-corrected chi connectivity index (χ4v) is 2.92. The van der Waals surface area contributed by atoms with Gasteiger partial charge in [-0.05, 0) is 36.1 Å². The van der Waals surface area contributed by atoms with E-state index in [1.807, 2.05) is 0 Å². The van der Waals surface area contributed by atoms with Gasteiger partial charge in [0.25, 0.3) is 11.9 Å². The van der Waals surface area contributed by atoms with Gasteiger partial charge in [-0.2, -0.15) is 13.2 Å². The molecular weight excluding hydrogens is 425 g/mol. The van der Waals surface area contributed by atoms with Crippen LogP contribution in [0, 0.1) is 24.0 Å². The van der Waals surface area contributed by atoms with Gasteiger partial charge < -0.3 is 21.5 Å². The second-order valence-electron chi connectivity index (χ2n) is 6.90. The van der Waals surface area contributed by atoms with Crippen LogP contribution in [0.1, 0.15) is 40.9 Å². The molecule has 0 bridgehead atoms. The van der Waals surface area contributed by atoms with Crippen molar-refractivity contribution in [1.82, 2.24) is 4.98 Å². The SMILES string of the molecule is Cc1cc(N)cnc1C(=O)Nc1cc(F)c(F)c([C@@H](C)C[C@@H](OC(=N)N)C(F)(F)F)c1. The number of ether oxygens (including phenoxy) is 1. The summed E-state index contributed by atoms with van der Waals surface area (Å²) in [4.78, 5) is 16.3. The summed E-state index contributed by atoms with van der Waals surface area (Å²) in [5, 5.41) is 9.25. The van der Waals surface area contributed by atoms with Gasteiger partial charge in [-0.15, -0.1) is 0 Å². The number of hydrogen-bond acceptors (Lipinski definition) is 5. The van der Waals surface area contributed by atoms with Gasteiger partial charge >= 0.3 is 6.18 Å². The zero-order chi connectivity index (χ0) is 23.5. The van der Waals surface area contributed by atoms with E-state index < -0.39 is 53.7 Å². The Labute approximate surface area is 174 Å². The largest absolute Gasteiger partial charge is 0.453 e. The molecule has 7 nitrogen and oxygen atoms in total. The zero-order valence-corrected chi connectivity index (χ0v) is 16.5. The Morgan fingerprint density at radius 3 is 2.48 bits per heavy atom. The van der Waals surface area contributed by atoms with E-state index in [2.05, 4.69) is 15.0 Å². The number of amides is 1. The van der Waals surface area contributed by atoms with Gasteiger partial charge in [-0.1, -0.05) is 6.92 Å². The van der Waals surface area contributed by atoms with Crippen LogP contribution in [-0.2, 0) is 4.74 Å². The molecule has 2 atom stereocenters. The summed E-state index contributed by atoms with van der Waals surface area (Å²) in [5.74, 6) is -4.67. The van der Waals surface area contributed by atoms with E-state index in [1.165, 1.54) is 19.2 Å². The number of amidine groups is 1. The lowest BCUT2D eigenvalue weighted by atomic mass is 9.93. The van der Waals surface area contributed by atoms with Crippen LogP contribution in [0.25, 0.3) is 0 Å². The number of aromatic nitrogens is 1. The summed E-state index contributed by atoms with van der Waals surface area (Å²) < 4.78 is 72.1. The number of aryl methyl sites for hydroxylation is 1. The topological polar surface area (TPSA) is 127 Å². The summed E-state index contributed by atoms with van der Waals surface area (Å²) in [6, 6.07) is 2.05. The van der Waals surface area contributed by atoms with Crippen LogP contribution < -0.4 is 16.8 Å². The summed E-state index contributed by atoms with van der Waals surface area (Å²) in [7, 11) is 0. The lowest BCUT2D eigenvalue weighted by Gasteiger charge is -2.24. The standard InChI is InChI=1S/C19H20F5N5O2/c1-8(4-14(19(22,23)24)31-18(26)27)12-5-11(6-13(20)15(12)21)29-17(30)16-9(2)3-10(25)7-28-16/h3,5-8,14H,4,25H2,1-2H3,(H3,26,27)(H,29,30)/t8-,14+/m0/s1. The fraction of sp³-hybridized carbons (Fsp3) is 0.316. The molecule has 31 heavy (non-hydrogen) atoms. The van der Waals surface area contributed by atoms with E-state index in [9.17, 15) is 26.7 Å². The number of nitrogen functional groups attached to an aromatic ring is 1. The smallest absolute Gasteiger partial charge is 0.425 e. The third-order valence-electron chi connectivity index (χ3n) is 4.36. The van der Waals surface area contributed by atoms with Crippen molar-refractivity contribution in [2.75, 3.05) is 11.1 Å². The van der Waals surface area contributed by atoms with Gasteiger partial charge in [0, 0.05) is 18.2 Å². The van der Waals surface area contributed by atoms with Gasteiger partial charge in [0.2, 0.25) is 0 Å². The maximum absolute atomic E-state index is 14.3. The van der Waals surface area contributed by atoms with E-state index in [4.69, 9.17) is 16.9 Å². The molecule has 0 fully saturated rings. The number of carbonyl (C=O) groups is 1. The van der Waals surface area contributed by atoms with Crippen molar-refractivity contribution in [2.24, 2.45) is 5.73 Å². The van der Waals surface area contributed by atoms with E-state index in [0.717, 1.165) is 6.07 Å². The third kappa shape index (κ3) is 6.03. The highest BCUT2D eigenvalue weighted by atomic mass is 19.4. The second kappa shape index (κ2) is 9.14. The monoisotopic (exact) mass is 445 g/mol. The third-order valence-corrected chi connectivity index (χ3v) is 4.36. The van der Waals surface area contributed by atoms with Crippen LogP contribution in [0.15, 0.2) is 24.4 Å². The Morgan fingerprint density at radius 2 is 1.94 bits per heavy atom. The highest BCUT2D eigenvalue weighted by molar-refractivity contribution is 6.04. The number of halogens is 5.